The van der Waals surface area contributed by atoms with Gasteiger partial charge in [0.25, 0.3) is 16.8 Å². The van der Waals surface area contributed by atoms with Gasteiger partial charge >= 0.3 is 0 Å². The van der Waals surface area contributed by atoms with Crippen LogP contribution in [-0.4, -0.2) is 33.4 Å². The summed E-state index contributed by atoms with van der Waals surface area (Å²) in [6.07, 6.45) is 1.36. The number of carbonyl (C=O) groups is 3. The van der Waals surface area contributed by atoms with Crippen molar-refractivity contribution in [2.24, 2.45) is 0 Å². The highest BCUT2D eigenvalue weighted by Gasteiger charge is 2.36. The second-order valence-corrected chi connectivity index (χ2v) is 8.68. The monoisotopic (exact) mass is 497 g/mol. The normalized spacial score (nSPS) is 14.6. The minimum absolute atomic E-state index is 0.0696. The Kier molecular flexibility index (Phi) is 6.53. The number of halogens is 1. The highest BCUT2D eigenvalue weighted by molar-refractivity contribution is 8.18. The average molecular weight is 498 g/mol. The number of anilines is 1. The van der Waals surface area contributed by atoms with Crippen LogP contribution in [0.3, 0.4) is 0 Å². The lowest BCUT2D eigenvalue weighted by Crippen LogP contribution is -2.36. The highest BCUT2D eigenvalue weighted by atomic mass is 35.5. The molecule has 0 unspecified atom stereocenters. The Morgan fingerprint density at radius 3 is 2.74 bits per heavy atom. The Balaban J connectivity index is 1.49. The molecule has 34 heavy (non-hydrogen) atoms. The van der Waals surface area contributed by atoms with E-state index in [1.165, 1.54) is 18.2 Å². The van der Waals surface area contributed by atoms with E-state index < -0.39 is 28.5 Å². The molecule has 11 heteroatoms. The number of furan rings is 1. The summed E-state index contributed by atoms with van der Waals surface area (Å²) in [6, 6.07) is 14.2. The first-order chi connectivity index (χ1) is 16.2. The number of amides is 3. The molecule has 172 valence electrons. The third-order valence-corrected chi connectivity index (χ3v) is 6.06. The molecule has 9 nitrogen and oxygen atoms in total. The van der Waals surface area contributed by atoms with E-state index in [1.54, 1.807) is 49.4 Å². The topological polar surface area (TPSA) is 123 Å². The van der Waals surface area contributed by atoms with Gasteiger partial charge in [0, 0.05) is 22.9 Å². The van der Waals surface area contributed by atoms with E-state index in [0.717, 1.165) is 10.5 Å². The van der Waals surface area contributed by atoms with Crippen LogP contribution in [0.25, 0.3) is 17.4 Å². The lowest BCUT2D eigenvalue weighted by Gasteiger charge is -2.13. The van der Waals surface area contributed by atoms with E-state index >= 15 is 0 Å². The lowest BCUT2D eigenvalue weighted by molar-refractivity contribution is -0.384. The number of para-hydroxylation sites is 1. The van der Waals surface area contributed by atoms with Crippen molar-refractivity contribution in [3.8, 4) is 11.3 Å². The molecule has 0 aliphatic carbocycles. The molecule has 4 rings (SSSR count). The number of benzene rings is 2. The fraction of sp³-hybridized carbons (Fsp3) is 0.0870. The summed E-state index contributed by atoms with van der Waals surface area (Å²) < 4.78 is 5.66. The van der Waals surface area contributed by atoms with Gasteiger partial charge in [-0.1, -0.05) is 29.8 Å². The van der Waals surface area contributed by atoms with Gasteiger partial charge in [-0.3, -0.25) is 29.4 Å². The molecule has 1 aromatic heterocycles. The molecular formula is C23H16ClN3O6S. The van der Waals surface area contributed by atoms with Gasteiger partial charge in [0.1, 0.15) is 18.1 Å². The quantitative estimate of drug-likeness (QED) is 0.271. The van der Waals surface area contributed by atoms with Crippen LogP contribution in [0.4, 0.5) is 16.2 Å². The van der Waals surface area contributed by atoms with Gasteiger partial charge in [0.15, 0.2) is 0 Å². The predicted molar refractivity (Wildman–Crippen MR) is 128 cm³/mol. The number of nitro groups is 1. The fourth-order valence-electron chi connectivity index (χ4n) is 3.24. The lowest BCUT2D eigenvalue weighted by atomic mass is 10.1. The molecular weight excluding hydrogens is 482 g/mol. The van der Waals surface area contributed by atoms with Crippen molar-refractivity contribution in [1.82, 2.24) is 4.90 Å². The highest BCUT2D eigenvalue weighted by Crippen LogP contribution is 2.35. The molecule has 1 aliphatic heterocycles. The predicted octanol–water partition coefficient (Wildman–Crippen LogP) is 5.49. The molecule has 3 aromatic rings. The van der Waals surface area contributed by atoms with E-state index in [4.69, 9.17) is 16.0 Å². The van der Waals surface area contributed by atoms with Gasteiger partial charge in [0.05, 0.1) is 15.4 Å². The van der Waals surface area contributed by atoms with Crippen molar-refractivity contribution in [2.75, 3.05) is 11.9 Å². The molecule has 3 amide bonds. The third kappa shape index (κ3) is 4.87. The first-order valence-electron chi connectivity index (χ1n) is 9.88. The van der Waals surface area contributed by atoms with Gasteiger partial charge < -0.3 is 9.73 Å². The van der Waals surface area contributed by atoms with Crippen LogP contribution in [-0.2, 0) is 9.59 Å². The Bertz CT molecular complexity index is 1370. The van der Waals surface area contributed by atoms with Gasteiger partial charge in [-0.25, -0.2) is 0 Å². The maximum absolute atomic E-state index is 12.7. The van der Waals surface area contributed by atoms with Crippen LogP contribution >= 0.6 is 23.4 Å². The fourth-order valence-corrected chi connectivity index (χ4v) is 4.23. The molecule has 1 aliphatic rings. The smallest absolute Gasteiger partial charge is 0.294 e. The minimum Gasteiger partial charge on any atom is -0.456 e. The van der Waals surface area contributed by atoms with Crippen molar-refractivity contribution in [2.45, 2.75) is 6.92 Å². The summed E-state index contributed by atoms with van der Waals surface area (Å²) in [5.74, 6) is -0.714. The van der Waals surface area contributed by atoms with E-state index in [9.17, 15) is 24.5 Å². The number of imide groups is 1. The van der Waals surface area contributed by atoms with Crippen LogP contribution in [0.15, 0.2) is 63.9 Å². The first-order valence-corrected chi connectivity index (χ1v) is 11.1. The number of nitrogens with one attached hydrogen (secondary N) is 1. The Labute approximate surface area is 202 Å². The van der Waals surface area contributed by atoms with E-state index in [-0.39, 0.29) is 27.7 Å². The van der Waals surface area contributed by atoms with E-state index in [2.05, 4.69) is 5.32 Å². The van der Waals surface area contributed by atoms with E-state index in [0.29, 0.717) is 22.5 Å². The molecule has 0 spiro atoms. The molecule has 1 saturated heterocycles. The van der Waals surface area contributed by atoms with Crippen LogP contribution in [0.5, 0.6) is 0 Å². The maximum atomic E-state index is 12.7. The number of nitrogens with zero attached hydrogens (tertiary/aromatic N) is 2. The van der Waals surface area contributed by atoms with Crippen molar-refractivity contribution < 1.29 is 23.7 Å². The molecule has 1 N–H and O–H groups in total. The van der Waals surface area contributed by atoms with Gasteiger partial charge in [-0.2, -0.15) is 0 Å². The van der Waals surface area contributed by atoms with Crippen molar-refractivity contribution in [3.63, 3.8) is 0 Å². The number of aryl methyl sites for hydroxylation is 1. The van der Waals surface area contributed by atoms with Crippen LogP contribution in [0.1, 0.15) is 11.3 Å². The minimum atomic E-state index is -0.642. The number of carbonyl (C=O) groups excluding carboxylic acids is 3. The second kappa shape index (κ2) is 9.54. The molecule has 0 bridgehead atoms. The van der Waals surface area contributed by atoms with Gasteiger partial charge in [0.2, 0.25) is 5.91 Å². The molecule has 0 radical (unpaired) electrons. The largest absolute Gasteiger partial charge is 0.456 e. The number of thioether (sulfide) groups is 1. The summed E-state index contributed by atoms with van der Waals surface area (Å²) in [7, 11) is 0. The maximum Gasteiger partial charge on any atom is 0.294 e. The zero-order valence-corrected chi connectivity index (χ0v) is 19.2. The van der Waals surface area contributed by atoms with Gasteiger partial charge in [-0.05, 0) is 54.6 Å². The number of nitro benzene ring substituents is 1. The summed E-state index contributed by atoms with van der Waals surface area (Å²) in [6.45, 7) is 1.32. The molecule has 2 aromatic carbocycles. The van der Waals surface area contributed by atoms with E-state index in [1.807, 2.05) is 0 Å². The zero-order valence-electron chi connectivity index (χ0n) is 17.6. The molecule has 1 fully saturated rings. The van der Waals surface area contributed by atoms with Crippen molar-refractivity contribution in [1.29, 1.82) is 0 Å². The number of hydrogen-bond donors (Lipinski definition) is 1. The Morgan fingerprint density at radius 2 is 1.97 bits per heavy atom. The molecule has 0 saturated carbocycles. The van der Waals surface area contributed by atoms with Crippen molar-refractivity contribution >= 4 is 57.9 Å². The second-order valence-electron chi connectivity index (χ2n) is 7.25. The SMILES string of the molecule is Cc1ccc(Cl)cc1NC(=O)CN1C(=O)S/C(=C/c2ccc(-c3ccccc3[N+](=O)[O-])o2)C1=O. The Hall–Kier alpha value is -3.89. The summed E-state index contributed by atoms with van der Waals surface area (Å²) in [4.78, 5) is 49.2. The standard InChI is InChI=1S/C23H16ClN3O6S/c1-13-6-7-14(24)10-17(13)25-21(28)12-26-22(29)20(34-23(26)30)11-15-8-9-19(33-15)16-4-2-3-5-18(16)27(31)32/h2-11H,12H2,1H3,(H,25,28)/b20-11+. The molecule has 2 heterocycles. The first kappa shape index (κ1) is 23.3. The van der Waals surface area contributed by atoms with Crippen LogP contribution in [0, 0.1) is 17.0 Å². The Morgan fingerprint density at radius 1 is 1.21 bits per heavy atom. The average Bonchev–Trinajstić information content (AvgIpc) is 3.36. The summed E-state index contributed by atoms with van der Waals surface area (Å²) >= 11 is 6.63. The third-order valence-electron chi connectivity index (χ3n) is 4.92. The molecule has 0 atom stereocenters. The zero-order chi connectivity index (χ0) is 24.4. The summed E-state index contributed by atoms with van der Waals surface area (Å²) in [5, 5.41) is 13.7. The number of hydrogen-bond acceptors (Lipinski definition) is 7. The van der Waals surface area contributed by atoms with Crippen molar-refractivity contribution in [3.05, 3.63) is 86.0 Å². The summed E-state index contributed by atoms with van der Waals surface area (Å²) in [5.41, 5.74) is 1.43. The number of rotatable bonds is 6. The van der Waals surface area contributed by atoms with Crippen LogP contribution in [0.2, 0.25) is 5.02 Å². The van der Waals surface area contributed by atoms with Gasteiger partial charge in [-0.15, -0.1) is 0 Å². The van der Waals surface area contributed by atoms with Crippen LogP contribution < -0.4 is 5.32 Å².